The number of likely N-dealkylation sites (tertiary alicyclic amines) is 2. The van der Waals surface area contributed by atoms with Gasteiger partial charge in [-0.3, -0.25) is 14.7 Å². The summed E-state index contributed by atoms with van der Waals surface area (Å²) in [7, 11) is 2.20. The highest BCUT2D eigenvalue weighted by molar-refractivity contribution is 5.93. The van der Waals surface area contributed by atoms with Gasteiger partial charge in [-0.05, 0) is 63.2 Å². The summed E-state index contributed by atoms with van der Waals surface area (Å²) in [5.41, 5.74) is 0.700. The van der Waals surface area contributed by atoms with Gasteiger partial charge in [-0.1, -0.05) is 6.07 Å². The second-order valence-corrected chi connectivity index (χ2v) is 7.86. The minimum Gasteiger partial charge on any atom is -0.381 e. The number of hydrogen-bond donors (Lipinski definition) is 0. The predicted molar refractivity (Wildman–Crippen MR) is 91.8 cm³/mol. The van der Waals surface area contributed by atoms with E-state index >= 15 is 0 Å². The average Bonchev–Trinajstić information content (AvgIpc) is 3.39. The van der Waals surface area contributed by atoms with Gasteiger partial charge in [0.05, 0.1) is 5.54 Å². The van der Waals surface area contributed by atoms with E-state index in [0.29, 0.717) is 11.6 Å². The molecule has 0 N–H and O–H groups in total. The number of carbonyl (C=O) groups is 1. The maximum Gasteiger partial charge on any atom is 0.272 e. The van der Waals surface area contributed by atoms with Crippen LogP contribution >= 0.6 is 0 Å². The Kier molecular flexibility index (Phi) is 4.31. The van der Waals surface area contributed by atoms with Gasteiger partial charge in [0.25, 0.3) is 5.91 Å². The first kappa shape index (κ1) is 16.0. The van der Waals surface area contributed by atoms with Gasteiger partial charge in [-0.25, -0.2) is 0 Å². The molecular formula is C19H27N3O2. The van der Waals surface area contributed by atoms with E-state index in [1.165, 1.54) is 19.3 Å². The van der Waals surface area contributed by atoms with Crippen molar-refractivity contribution in [3.8, 4) is 0 Å². The normalized spacial score (nSPS) is 26.4. The van der Waals surface area contributed by atoms with Gasteiger partial charge in [0.2, 0.25) is 0 Å². The molecule has 1 aliphatic carbocycles. The number of aromatic nitrogens is 1. The summed E-state index contributed by atoms with van der Waals surface area (Å²) in [5.74, 6) is 1.52. The fourth-order valence-corrected chi connectivity index (χ4v) is 4.07. The van der Waals surface area contributed by atoms with E-state index in [4.69, 9.17) is 4.74 Å². The molecule has 1 aromatic heterocycles. The largest absolute Gasteiger partial charge is 0.381 e. The number of piperidine rings is 1. The van der Waals surface area contributed by atoms with Gasteiger partial charge in [-0.2, -0.15) is 0 Å². The third-order valence-electron chi connectivity index (χ3n) is 5.90. The number of carbonyl (C=O) groups excluding carboxylic acids is 1. The standard InChI is InChI=1S/C19H27N3O2/c1-21-9-7-16(12-24-11-15-5-6-15)10-19(21)13-22(14-19)18(23)17-4-2-3-8-20-17/h2-4,8,15-16H,5-7,9-14H2,1H3/t16-/m0/s1. The van der Waals surface area contributed by atoms with E-state index in [-0.39, 0.29) is 11.4 Å². The Morgan fingerprint density at radius 1 is 1.25 bits per heavy atom. The van der Waals surface area contributed by atoms with Crippen molar-refractivity contribution in [3.05, 3.63) is 30.1 Å². The van der Waals surface area contributed by atoms with Crippen molar-refractivity contribution in [2.24, 2.45) is 11.8 Å². The molecular weight excluding hydrogens is 302 g/mol. The van der Waals surface area contributed by atoms with Gasteiger partial charge in [-0.15, -0.1) is 0 Å². The van der Waals surface area contributed by atoms with Gasteiger partial charge in [0, 0.05) is 32.5 Å². The van der Waals surface area contributed by atoms with Gasteiger partial charge < -0.3 is 9.64 Å². The number of ether oxygens (including phenoxy) is 1. The molecule has 1 atom stereocenters. The molecule has 1 spiro atoms. The Morgan fingerprint density at radius 2 is 2.04 bits per heavy atom. The molecule has 2 saturated heterocycles. The quantitative estimate of drug-likeness (QED) is 0.829. The lowest BCUT2D eigenvalue weighted by Crippen LogP contribution is -2.72. The number of likely N-dealkylation sites (N-methyl/N-ethyl adjacent to an activating group) is 1. The number of pyridine rings is 1. The zero-order chi connectivity index (χ0) is 16.6. The highest BCUT2D eigenvalue weighted by atomic mass is 16.5. The molecule has 3 heterocycles. The minimum absolute atomic E-state index is 0.0572. The molecule has 3 aliphatic rings. The van der Waals surface area contributed by atoms with Crippen molar-refractivity contribution in [3.63, 3.8) is 0 Å². The summed E-state index contributed by atoms with van der Waals surface area (Å²) >= 11 is 0. The van der Waals surface area contributed by atoms with Gasteiger partial charge >= 0.3 is 0 Å². The van der Waals surface area contributed by atoms with Crippen LogP contribution in [-0.4, -0.2) is 66.1 Å². The number of hydrogen-bond acceptors (Lipinski definition) is 4. The topological polar surface area (TPSA) is 45.7 Å². The fourth-order valence-electron chi connectivity index (χ4n) is 4.07. The monoisotopic (exact) mass is 329 g/mol. The molecule has 0 unspecified atom stereocenters. The van der Waals surface area contributed by atoms with Crippen LogP contribution in [0.15, 0.2) is 24.4 Å². The second-order valence-electron chi connectivity index (χ2n) is 7.86. The van der Waals surface area contributed by atoms with Crippen molar-refractivity contribution in [2.75, 3.05) is 39.9 Å². The van der Waals surface area contributed by atoms with Crippen LogP contribution in [0.2, 0.25) is 0 Å². The lowest BCUT2D eigenvalue weighted by molar-refractivity contribution is -0.0763. The Labute approximate surface area is 144 Å². The number of nitrogens with zero attached hydrogens (tertiary/aromatic N) is 3. The first-order valence-electron chi connectivity index (χ1n) is 9.16. The molecule has 130 valence electrons. The van der Waals surface area contributed by atoms with Crippen LogP contribution in [0.3, 0.4) is 0 Å². The van der Waals surface area contributed by atoms with Crippen LogP contribution in [0, 0.1) is 11.8 Å². The first-order valence-corrected chi connectivity index (χ1v) is 9.16. The molecule has 5 nitrogen and oxygen atoms in total. The van der Waals surface area contributed by atoms with Crippen molar-refractivity contribution in [2.45, 2.75) is 31.2 Å². The van der Waals surface area contributed by atoms with Crippen molar-refractivity contribution in [1.82, 2.24) is 14.8 Å². The molecule has 0 radical (unpaired) electrons. The lowest BCUT2D eigenvalue weighted by Gasteiger charge is -2.58. The number of rotatable bonds is 5. The van der Waals surface area contributed by atoms with E-state index in [2.05, 4.69) is 16.9 Å². The van der Waals surface area contributed by atoms with E-state index in [0.717, 1.165) is 45.2 Å². The third kappa shape index (κ3) is 3.20. The van der Waals surface area contributed by atoms with Crippen LogP contribution in [0.25, 0.3) is 0 Å². The van der Waals surface area contributed by atoms with E-state index in [9.17, 15) is 4.79 Å². The number of amides is 1. The van der Waals surface area contributed by atoms with E-state index < -0.39 is 0 Å². The van der Waals surface area contributed by atoms with Gasteiger partial charge in [0.15, 0.2) is 0 Å². The average molecular weight is 329 g/mol. The summed E-state index contributed by atoms with van der Waals surface area (Å²) in [4.78, 5) is 21.1. The Bertz CT molecular complexity index is 582. The molecule has 1 aromatic rings. The van der Waals surface area contributed by atoms with Crippen molar-refractivity contribution < 1.29 is 9.53 Å². The summed E-state index contributed by atoms with van der Waals surface area (Å²) in [6.07, 6.45) is 6.73. The molecule has 1 saturated carbocycles. The zero-order valence-corrected chi connectivity index (χ0v) is 14.5. The summed E-state index contributed by atoms with van der Waals surface area (Å²) in [6.45, 7) is 4.57. The fraction of sp³-hybridized carbons (Fsp3) is 0.684. The summed E-state index contributed by atoms with van der Waals surface area (Å²) < 4.78 is 5.93. The summed E-state index contributed by atoms with van der Waals surface area (Å²) in [6, 6.07) is 5.51. The minimum atomic E-state index is 0.0572. The van der Waals surface area contributed by atoms with Crippen LogP contribution in [0.1, 0.15) is 36.2 Å². The second kappa shape index (κ2) is 6.45. The molecule has 5 heteroatoms. The zero-order valence-electron chi connectivity index (χ0n) is 14.5. The highest BCUT2D eigenvalue weighted by Crippen LogP contribution is 2.39. The van der Waals surface area contributed by atoms with Crippen molar-refractivity contribution in [1.29, 1.82) is 0 Å². The predicted octanol–water partition coefficient (Wildman–Crippen LogP) is 2.04. The van der Waals surface area contributed by atoms with E-state index in [1.54, 1.807) is 12.3 Å². The first-order chi connectivity index (χ1) is 11.7. The van der Waals surface area contributed by atoms with Crippen LogP contribution in [-0.2, 0) is 4.74 Å². The molecule has 1 amide bonds. The molecule has 4 rings (SSSR count). The van der Waals surface area contributed by atoms with E-state index in [1.807, 2.05) is 17.0 Å². The maximum absolute atomic E-state index is 12.5. The third-order valence-corrected chi connectivity index (χ3v) is 5.90. The lowest BCUT2D eigenvalue weighted by atomic mass is 9.75. The van der Waals surface area contributed by atoms with Crippen LogP contribution < -0.4 is 0 Å². The Morgan fingerprint density at radius 3 is 2.75 bits per heavy atom. The van der Waals surface area contributed by atoms with Crippen molar-refractivity contribution >= 4 is 5.91 Å². The molecule has 3 fully saturated rings. The molecule has 0 bridgehead atoms. The maximum atomic E-state index is 12.5. The molecule has 2 aliphatic heterocycles. The Balaban J connectivity index is 1.32. The summed E-state index contributed by atoms with van der Waals surface area (Å²) in [5, 5.41) is 0. The highest BCUT2D eigenvalue weighted by Gasteiger charge is 2.51. The molecule has 24 heavy (non-hydrogen) atoms. The smallest absolute Gasteiger partial charge is 0.272 e. The SMILES string of the molecule is CN1CC[C@H](COCC2CC2)CC12CN(C(=O)c1ccccn1)C2. The molecule has 0 aromatic carbocycles. The van der Waals surface area contributed by atoms with Crippen LogP contribution in [0.5, 0.6) is 0 Å². The van der Waals surface area contributed by atoms with Crippen LogP contribution in [0.4, 0.5) is 0 Å². The Hall–Kier alpha value is -1.46. The van der Waals surface area contributed by atoms with Gasteiger partial charge in [0.1, 0.15) is 5.69 Å².